The molecule has 0 unspecified atom stereocenters. The van der Waals surface area contributed by atoms with E-state index in [-0.39, 0.29) is 0 Å². The lowest BCUT2D eigenvalue weighted by molar-refractivity contribution is 0.231. The molecule has 0 fully saturated rings. The minimum atomic E-state index is 0.963. The van der Waals surface area contributed by atoms with Crippen molar-refractivity contribution in [2.24, 2.45) is 0 Å². The molecular weight excluding hydrogens is 112 g/mol. The highest BCUT2D eigenvalue weighted by molar-refractivity contribution is 5.15. The van der Waals surface area contributed by atoms with Gasteiger partial charge in [-0.3, -0.25) is 0 Å². The average Bonchev–Trinajstić information content (AvgIpc) is 2.33. The van der Waals surface area contributed by atoms with Crippen LogP contribution < -0.4 is 0 Å². The van der Waals surface area contributed by atoms with E-state index in [0.29, 0.717) is 0 Å². The number of allylic oxidation sites excluding steroid dienone is 1. The fraction of sp³-hybridized carbons (Fsp3) is 0.750. The van der Waals surface area contributed by atoms with Crippen LogP contribution in [0, 0.1) is 0 Å². The minimum Gasteiger partial charge on any atom is -0.498 e. The van der Waals surface area contributed by atoms with Crippen LogP contribution in [-0.4, -0.2) is 6.61 Å². The van der Waals surface area contributed by atoms with Gasteiger partial charge in [0.2, 0.25) is 0 Å². The molecule has 0 saturated heterocycles. The average molecular weight is 124 g/mol. The van der Waals surface area contributed by atoms with Crippen LogP contribution in [0.5, 0.6) is 0 Å². The zero-order chi connectivity index (χ0) is 6.10. The molecule has 1 aliphatic carbocycles. The van der Waals surface area contributed by atoms with Gasteiger partial charge in [-0.25, -0.2) is 0 Å². The van der Waals surface area contributed by atoms with Crippen molar-refractivity contribution in [3.63, 3.8) is 0 Å². The Bertz CT molecular complexity index is 131. The van der Waals surface area contributed by atoms with Crippen LogP contribution >= 0.6 is 0 Å². The van der Waals surface area contributed by atoms with Gasteiger partial charge in [0.05, 0.1) is 12.4 Å². The van der Waals surface area contributed by atoms with Crippen molar-refractivity contribution in [3.8, 4) is 0 Å². The third-order valence-electron chi connectivity index (χ3n) is 2.21. The Hall–Kier alpha value is -0.460. The molecular formula is C8H12O. The molecule has 0 amide bonds. The van der Waals surface area contributed by atoms with Crippen molar-refractivity contribution in [1.29, 1.82) is 0 Å². The van der Waals surface area contributed by atoms with Crippen molar-refractivity contribution in [2.75, 3.05) is 6.61 Å². The lowest BCUT2D eigenvalue weighted by Gasteiger charge is -2.11. The van der Waals surface area contributed by atoms with Gasteiger partial charge in [0, 0.05) is 12.8 Å². The molecule has 0 aromatic rings. The molecule has 1 heteroatoms. The highest BCUT2D eigenvalue weighted by atomic mass is 16.5. The van der Waals surface area contributed by atoms with Crippen LogP contribution in [0.3, 0.4) is 0 Å². The minimum absolute atomic E-state index is 0.963. The molecule has 2 rings (SSSR count). The second-order valence-corrected chi connectivity index (χ2v) is 2.83. The monoisotopic (exact) mass is 124 g/mol. The second-order valence-electron chi connectivity index (χ2n) is 2.83. The van der Waals surface area contributed by atoms with E-state index in [1.165, 1.54) is 37.9 Å². The van der Waals surface area contributed by atoms with Crippen LogP contribution in [0.25, 0.3) is 0 Å². The maximum Gasteiger partial charge on any atom is 0.0953 e. The first kappa shape index (κ1) is 5.33. The predicted molar refractivity (Wildman–Crippen MR) is 36.1 cm³/mol. The Morgan fingerprint density at radius 3 is 2.78 bits per heavy atom. The van der Waals surface area contributed by atoms with E-state index in [0.717, 1.165) is 6.61 Å². The van der Waals surface area contributed by atoms with Crippen LogP contribution in [0.2, 0.25) is 0 Å². The summed E-state index contributed by atoms with van der Waals surface area (Å²) in [4.78, 5) is 0. The molecule has 0 radical (unpaired) electrons. The summed E-state index contributed by atoms with van der Waals surface area (Å²) in [6.07, 6.45) is 6.49. The molecule has 50 valence electrons. The van der Waals surface area contributed by atoms with Gasteiger partial charge in [0.15, 0.2) is 0 Å². The molecule has 0 N–H and O–H groups in total. The highest BCUT2D eigenvalue weighted by Crippen LogP contribution is 2.31. The summed E-state index contributed by atoms with van der Waals surface area (Å²) in [5.41, 5.74) is 1.61. The summed E-state index contributed by atoms with van der Waals surface area (Å²) < 4.78 is 5.44. The molecule has 1 heterocycles. The molecule has 1 nitrogen and oxygen atoms in total. The van der Waals surface area contributed by atoms with Gasteiger partial charge in [-0.15, -0.1) is 0 Å². The molecule has 0 spiro atoms. The molecule has 0 saturated carbocycles. The fourth-order valence-electron chi connectivity index (χ4n) is 1.68. The summed E-state index contributed by atoms with van der Waals surface area (Å²) in [5, 5.41) is 0. The third-order valence-corrected chi connectivity index (χ3v) is 2.21. The van der Waals surface area contributed by atoms with Crippen molar-refractivity contribution in [2.45, 2.75) is 32.1 Å². The number of hydrogen-bond acceptors (Lipinski definition) is 1. The SMILES string of the molecule is C1CCC2=C(C1)CCO2. The van der Waals surface area contributed by atoms with Crippen LogP contribution in [0.1, 0.15) is 32.1 Å². The molecule has 0 atom stereocenters. The zero-order valence-electron chi connectivity index (χ0n) is 5.65. The summed E-state index contributed by atoms with van der Waals surface area (Å²) in [5.74, 6) is 1.33. The van der Waals surface area contributed by atoms with E-state index in [9.17, 15) is 0 Å². The Morgan fingerprint density at radius 2 is 1.89 bits per heavy atom. The maximum atomic E-state index is 5.44. The van der Waals surface area contributed by atoms with E-state index in [4.69, 9.17) is 4.74 Å². The Kier molecular flexibility index (Phi) is 1.22. The topological polar surface area (TPSA) is 9.23 Å². The predicted octanol–water partition coefficient (Wildman–Crippen LogP) is 2.23. The van der Waals surface area contributed by atoms with Gasteiger partial charge >= 0.3 is 0 Å². The van der Waals surface area contributed by atoms with Crippen LogP contribution in [0.15, 0.2) is 11.3 Å². The van der Waals surface area contributed by atoms with Crippen molar-refractivity contribution < 1.29 is 4.74 Å². The largest absolute Gasteiger partial charge is 0.498 e. The molecule has 2 aliphatic rings. The van der Waals surface area contributed by atoms with Gasteiger partial charge in [-0.2, -0.15) is 0 Å². The van der Waals surface area contributed by atoms with Gasteiger partial charge in [-0.05, 0) is 24.8 Å². The lowest BCUT2D eigenvalue weighted by Crippen LogP contribution is -1.93. The van der Waals surface area contributed by atoms with Crippen molar-refractivity contribution in [3.05, 3.63) is 11.3 Å². The second kappa shape index (κ2) is 2.05. The van der Waals surface area contributed by atoms with Gasteiger partial charge in [0.1, 0.15) is 0 Å². The zero-order valence-corrected chi connectivity index (χ0v) is 5.65. The molecule has 0 bridgehead atoms. The first-order chi connectivity index (χ1) is 4.47. The van der Waals surface area contributed by atoms with E-state index < -0.39 is 0 Å². The maximum absolute atomic E-state index is 5.44. The van der Waals surface area contributed by atoms with Gasteiger partial charge in [-0.1, -0.05) is 0 Å². The number of ether oxygens (including phenoxy) is 1. The molecule has 1 aliphatic heterocycles. The molecule has 0 aromatic heterocycles. The summed E-state index contributed by atoms with van der Waals surface area (Å²) in [6.45, 7) is 0.963. The first-order valence-corrected chi connectivity index (χ1v) is 3.80. The molecule has 9 heavy (non-hydrogen) atoms. The van der Waals surface area contributed by atoms with Gasteiger partial charge in [0.25, 0.3) is 0 Å². The quantitative estimate of drug-likeness (QED) is 0.481. The van der Waals surface area contributed by atoms with Gasteiger partial charge < -0.3 is 4.74 Å². The summed E-state index contributed by atoms with van der Waals surface area (Å²) >= 11 is 0. The van der Waals surface area contributed by atoms with Crippen molar-refractivity contribution >= 4 is 0 Å². The van der Waals surface area contributed by atoms with Crippen LogP contribution in [0.4, 0.5) is 0 Å². The third kappa shape index (κ3) is 0.846. The Balaban J connectivity index is 2.17. The smallest absolute Gasteiger partial charge is 0.0953 e. The van der Waals surface area contributed by atoms with Crippen molar-refractivity contribution in [1.82, 2.24) is 0 Å². The van der Waals surface area contributed by atoms with E-state index >= 15 is 0 Å². The number of rotatable bonds is 0. The molecule has 0 aromatic carbocycles. The van der Waals surface area contributed by atoms with Crippen LogP contribution in [-0.2, 0) is 4.74 Å². The fourth-order valence-corrected chi connectivity index (χ4v) is 1.68. The normalized spacial score (nSPS) is 25.8. The summed E-state index contributed by atoms with van der Waals surface area (Å²) in [6, 6.07) is 0. The first-order valence-electron chi connectivity index (χ1n) is 3.80. The standard InChI is InChI=1S/C8H12O/c1-2-4-8-7(3-1)5-6-9-8/h1-6H2. The Morgan fingerprint density at radius 1 is 1.00 bits per heavy atom. The summed E-state index contributed by atoms with van der Waals surface area (Å²) in [7, 11) is 0. The number of hydrogen-bond donors (Lipinski definition) is 0. The lowest BCUT2D eigenvalue weighted by atomic mass is 9.97. The highest BCUT2D eigenvalue weighted by Gasteiger charge is 2.18. The van der Waals surface area contributed by atoms with E-state index in [1.807, 2.05) is 0 Å². The van der Waals surface area contributed by atoms with E-state index in [1.54, 1.807) is 5.57 Å². The Labute approximate surface area is 55.7 Å². The van der Waals surface area contributed by atoms with E-state index in [2.05, 4.69) is 0 Å².